The summed E-state index contributed by atoms with van der Waals surface area (Å²) in [5.74, 6) is 2.92. The van der Waals surface area contributed by atoms with Gasteiger partial charge in [-0.15, -0.1) is 6.42 Å². The minimum absolute atomic E-state index is 0.159. The van der Waals surface area contributed by atoms with Crippen LogP contribution in [0.1, 0.15) is 20.8 Å². The smallest absolute Gasteiger partial charge is 0.412 e. The molecule has 0 aliphatic carbocycles. The van der Waals surface area contributed by atoms with Gasteiger partial charge in [-0.05, 0) is 32.9 Å². The SMILES string of the molecule is C#CCOc1cccc(N(C(=O)O)C(C)(C)C)c1. The Morgan fingerprint density at radius 1 is 1.50 bits per heavy atom. The van der Waals surface area contributed by atoms with Gasteiger partial charge in [0.15, 0.2) is 0 Å². The summed E-state index contributed by atoms with van der Waals surface area (Å²) in [7, 11) is 0. The van der Waals surface area contributed by atoms with Crippen LogP contribution in [0.15, 0.2) is 24.3 Å². The van der Waals surface area contributed by atoms with Crippen LogP contribution in [0, 0.1) is 12.3 Å². The molecule has 0 saturated carbocycles. The molecule has 0 unspecified atom stereocenters. The Bertz CT molecular complexity index is 469. The van der Waals surface area contributed by atoms with Crippen molar-refractivity contribution in [2.24, 2.45) is 0 Å². The number of amides is 1. The fourth-order valence-corrected chi connectivity index (χ4v) is 1.62. The van der Waals surface area contributed by atoms with Gasteiger partial charge < -0.3 is 9.84 Å². The summed E-state index contributed by atoms with van der Waals surface area (Å²) < 4.78 is 5.28. The van der Waals surface area contributed by atoms with E-state index >= 15 is 0 Å². The van der Waals surface area contributed by atoms with Crippen molar-refractivity contribution < 1.29 is 14.6 Å². The summed E-state index contributed by atoms with van der Waals surface area (Å²) in [5.41, 5.74) is 0.0286. The number of anilines is 1. The van der Waals surface area contributed by atoms with Gasteiger partial charge in [0.1, 0.15) is 12.4 Å². The van der Waals surface area contributed by atoms with Crippen LogP contribution in [0.25, 0.3) is 0 Å². The first kappa shape index (κ1) is 13.9. The Morgan fingerprint density at radius 3 is 2.67 bits per heavy atom. The standard InChI is InChI=1S/C14H17NO3/c1-5-9-18-12-8-6-7-11(10-12)15(13(16)17)14(2,3)4/h1,6-8,10H,9H2,2-4H3,(H,16,17). The molecule has 4 nitrogen and oxygen atoms in total. The normalized spacial score (nSPS) is 10.6. The van der Waals surface area contributed by atoms with Crippen LogP contribution >= 0.6 is 0 Å². The number of benzene rings is 1. The largest absolute Gasteiger partial charge is 0.481 e. The summed E-state index contributed by atoms with van der Waals surface area (Å²) in [5, 5.41) is 9.28. The van der Waals surface area contributed by atoms with Gasteiger partial charge in [0, 0.05) is 11.6 Å². The number of nitrogens with zero attached hydrogens (tertiary/aromatic N) is 1. The van der Waals surface area contributed by atoms with E-state index in [0.717, 1.165) is 0 Å². The summed E-state index contributed by atoms with van der Waals surface area (Å²) >= 11 is 0. The molecule has 0 atom stereocenters. The highest BCUT2D eigenvalue weighted by molar-refractivity contribution is 5.87. The van der Waals surface area contributed by atoms with Crippen molar-refractivity contribution in [1.29, 1.82) is 0 Å². The van der Waals surface area contributed by atoms with Crippen molar-refractivity contribution >= 4 is 11.8 Å². The van der Waals surface area contributed by atoms with Gasteiger partial charge in [-0.2, -0.15) is 0 Å². The molecule has 0 fully saturated rings. The summed E-state index contributed by atoms with van der Waals surface area (Å²) in [6, 6.07) is 6.87. The maximum atomic E-state index is 11.3. The molecule has 1 rings (SSSR count). The van der Waals surface area contributed by atoms with Crippen LogP contribution < -0.4 is 9.64 Å². The van der Waals surface area contributed by atoms with Crippen LogP contribution in [-0.2, 0) is 0 Å². The highest BCUT2D eigenvalue weighted by Gasteiger charge is 2.27. The third kappa shape index (κ3) is 3.42. The Kier molecular flexibility index (Phi) is 4.22. The number of carboxylic acid groups (broad SMARTS) is 1. The van der Waals surface area contributed by atoms with Crippen LogP contribution in [0.4, 0.5) is 10.5 Å². The number of rotatable bonds is 3. The zero-order valence-electron chi connectivity index (χ0n) is 10.8. The van der Waals surface area contributed by atoms with E-state index < -0.39 is 11.6 Å². The van der Waals surface area contributed by atoms with E-state index in [9.17, 15) is 9.90 Å². The van der Waals surface area contributed by atoms with Gasteiger partial charge in [0.25, 0.3) is 0 Å². The lowest BCUT2D eigenvalue weighted by Gasteiger charge is -2.33. The van der Waals surface area contributed by atoms with E-state index in [4.69, 9.17) is 11.2 Å². The fraction of sp³-hybridized carbons (Fsp3) is 0.357. The first-order valence-electron chi connectivity index (χ1n) is 5.55. The highest BCUT2D eigenvalue weighted by atomic mass is 16.5. The van der Waals surface area contributed by atoms with E-state index in [1.54, 1.807) is 24.3 Å². The van der Waals surface area contributed by atoms with Gasteiger partial charge in [-0.25, -0.2) is 4.79 Å². The third-order valence-corrected chi connectivity index (χ3v) is 2.26. The zero-order valence-corrected chi connectivity index (χ0v) is 10.8. The fourth-order valence-electron chi connectivity index (χ4n) is 1.62. The van der Waals surface area contributed by atoms with E-state index in [0.29, 0.717) is 11.4 Å². The molecule has 0 aliphatic rings. The van der Waals surface area contributed by atoms with E-state index in [1.165, 1.54) is 4.90 Å². The van der Waals surface area contributed by atoms with Gasteiger partial charge in [0.2, 0.25) is 0 Å². The monoisotopic (exact) mass is 247 g/mol. The van der Waals surface area contributed by atoms with Crippen LogP contribution in [0.3, 0.4) is 0 Å². The van der Waals surface area contributed by atoms with Crippen molar-refractivity contribution in [2.45, 2.75) is 26.3 Å². The van der Waals surface area contributed by atoms with Crippen LogP contribution in [0.5, 0.6) is 5.75 Å². The quantitative estimate of drug-likeness (QED) is 0.835. The van der Waals surface area contributed by atoms with Gasteiger partial charge in [-0.1, -0.05) is 12.0 Å². The van der Waals surface area contributed by atoms with Crippen molar-refractivity contribution in [3.63, 3.8) is 0 Å². The molecule has 0 aromatic heterocycles. The topological polar surface area (TPSA) is 49.8 Å². The number of ether oxygens (including phenoxy) is 1. The maximum absolute atomic E-state index is 11.3. The van der Waals surface area contributed by atoms with E-state index in [-0.39, 0.29) is 6.61 Å². The molecule has 1 aromatic rings. The Morgan fingerprint density at radius 2 is 2.17 bits per heavy atom. The predicted octanol–water partition coefficient (Wildman–Crippen LogP) is 2.98. The van der Waals surface area contributed by atoms with Crippen molar-refractivity contribution in [3.05, 3.63) is 24.3 Å². The van der Waals surface area contributed by atoms with Gasteiger partial charge >= 0.3 is 6.09 Å². The van der Waals surface area contributed by atoms with Crippen LogP contribution in [0.2, 0.25) is 0 Å². The second-order valence-corrected chi connectivity index (χ2v) is 4.78. The molecule has 96 valence electrons. The molecule has 0 spiro atoms. The molecule has 0 heterocycles. The van der Waals surface area contributed by atoms with Crippen LogP contribution in [-0.4, -0.2) is 23.3 Å². The Labute approximate surface area is 107 Å². The lowest BCUT2D eigenvalue weighted by atomic mass is 10.1. The predicted molar refractivity (Wildman–Crippen MR) is 71.0 cm³/mol. The molecule has 1 aromatic carbocycles. The minimum Gasteiger partial charge on any atom is -0.481 e. The molecule has 1 amide bonds. The van der Waals surface area contributed by atoms with Gasteiger partial charge in [-0.3, -0.25) is 4.90 Å². The summed E-state index contributed by atoms with van der Waals surface area (Å²) in [4.78, 5) is 12.6. The van der Waals surface area contributed by atoms with Crippen molar-refractivity contribution in [2.75, 3.05) is 11.5 Å². The molecule has 0 radical (unpaired) electrons. The lowest BCUT2D eigenvalue weighted by molar-refractivity contribution is 0.195. The second-order valence-electron chi connectivity index (χ2n) is 4.78. The Hall–Kier alpha value is -2.15. The number of hydrogen-bond acceptors (Lipinski definition) is 2. The third-order valence-electron chi connectivity index (χ3n) is 2.26. The van der Waals surface area contributed by atoms with Crippen molar-refractivity contribution in [3.8, 4) is 18.1 Å². The minimum atomic E-state index is -1.00. The molecule has 0 aliphatic heterocycles. The Balaban J connectivity index is 3.07. The lowest BCUT2D eigenvalue weighted by Crippen LogP contribution is -2.45. The molecule has 0 bridgehead atoms. The molecule has 1 N–H and O–H groups in total. The summed E-state index contributed by atoms with van der Waals surface area (Å²) in [6.45, 7) is 5.65. The maximum Gasteiger partial charge on any atom is 0.412 e. The number of carbonyl (C=O) groups is 1. The first-order valence-corrected chi connectivity index (χ1v) is 5.55. The van der Waals surface area contributed by atoms with E-state index in [2.05, 4.69) is 5.92 Å². The number of hydrogen-bond donors (Lipinski definition) is 1. The van der Waals surface area contributed by atoms with E-state index in [1.807, 2.05) is 20.8 Å². The molecular formula is C14H17NO3. The average molecular weight is 247 g/mol. The molecule has 18 heavy (non-hydrogen) atoms. The van der Waals surface area contributed by atoms with Gasteiger partial charge in [0.05, 0.1) is 5.69 Å². The first-order chi connectivity index (χ1) is 8.36. The molecule has 4 heteroatoms. The highest BCUT2D eigenvalue weighted by Crippen LogP contribution is 2.27. The number of terminal acetylenes is 1. The molecular weight excluding hydrogens is 230 g/mol. The zero-order chi connectivity index (χ0) is 13.8. The molecule has 0 saturated heterocycles. The summed E-state index contributed by atoms with van der Waals surface area (Å²) in [6.07, 6.45) is 4.11. The average Bonchev–Trinajstić information content (AvgIpc) is 2.24. The van der Waals surface area contributed by atoms with Crippen molar-refractivity contribution in [1.82, 2.24) is 0 Å². The second kappa shape index (κ2) is 5.46.